The fourth-order valence-corrected chi connectivity index (χ4v) is 4.55. The maximum atomic E-state index is 13.4. The highest BCUT2D eigenvalue weighted by molar-refractivity contribution is 7.22. The van der Waals surface area contributed by atoms with E-state index >= 15 is 0 Å². The highest BCUT2D eigenvalue weighted by Gasteiger charge is 2.21. The standard InChI is InChI=1S/C26H26N2OS/c1-4-20-12-13-23-24(15-20)30-26(27-23)28(17-21-8-6-5-7-9-21)25(29)16-22-11-10-18(2)19(3)14-22/h5-15H,4,16-17H2,1-3H3. The summed E-state index contributed by atoms with van der Waals surface area (Å²) in [5, 5.41) is 0.760. The van der Waals surface area contributed by atoms with Crippen LogP contribution < -0.4 is 4.90 Å². The third-order valence-electron chi connectivity index (χ3n) is 5.49. The Balaban J connectivity index is 1.68. The van der Waals surface area contributed by atoms with E-state index in [0.29, 0.717) is 13.0 Å². The molecule has 4 rings (SSSR count). The average molecular weight is 415 g/mol. The van der Waals surface area contributed by atoms with E-state index < -0.39 is 0 Å². The van der Waals surface area contributed by atoms with Crippen molar-refractivity contribution in [2.45, 2.75) is 40.2 Å². The molecule has 1 heterocycles. The average Bonchev–Trinajstić information content (AvgIpc) is 3.18. The van der Waals surface area contributed by atoms with Crippen molar-refractivity contribution in [3.05, 3.63) is 94.5 Å². The minimum Gasteiger partial charge on any atom is -0.283 e. The molecule has 0 aliphatic carbocycles. The summed E-state index contributed by atoms with van der Waals surface area (Å²) in [7, 11) is 0. The summed E-state index contributed by atoms with van der Waals surface area (Å²) in [6.07, 6.45) is 1.35. The number of rotatable bonds is 6. The summed E-state index contributed by atoms with van der Waals surface area (Å²) in [4.78, 5) is 20.0. The van der Waals surface area contributed by atoms with Crippen molar-refractivity contribution in [1.29, 1.82) is 0 Å². The monoisotopic (exact) mass is 414 g/mol. The van der Waals surface area contributed by atoms with Crippen LogP contribution in [0.3, 0.4) is 0 Å². The Hall–Kier alpha value is -2.98. The van der Waals surface area contributed by atoms with Gasteiger partial charge in [0.1, 0.15) is 0 Å². The molecule has 4 heteroatoms. The van der Waals surface area contributed by atoms with E-state index in [1.54, 1.807) is 11.3 Å². The number of anilines is 1. The second-order valence-electron chi connectivity index (χ2n) is 7.71. The number of hydrogen-bond donors (Lipinski definition) is 0. The maximum Gasteiger partial charge on any atom is 0.233 e. The van der Waals surface area contributed by atoms with Crippen LogP contribution in [0.1, 0.15) is 34.7 Å². The van der Waals surface area contributed by atoms with Gasteiger partial charge in [0.25, 0.3) is 0 Å². The Kier molecular flexibility index (Phi) is 5.96. The first-order chi connectivity index (χ1) is 14.5. The van der Waals surface area contributed by atoms with Crippen LogP contribution in [0.15, 0.2) is 66.7 Å². The molecule has 0 aliphatic heterocycles. The van der Waals surface area contributed by atoms with Crippen molar-refractivity contribution < 1.29 is 4.79 Å². The normalized spacial score (nSPS) is 11.0. The molecule has 0 fully saturated rings. The third-order valence-corrected chi connectivity index (χ3v) is 6.53. The fourth-order valence-electron chi connectivity index (χ4n) is 3.50. The summed E-state index contributed by atoms with van der Waals surface area (Å²) < 4.78 is 1.13. The minimum atomic E-state index is 0.0666. The van der Waals surface area contributed by atoms with E-state index in [2.05, 4.69) is 63.2 Å². The predicted molar refractivity (Wildman–Crippen MR) is 126 cm³/mol. The molecule has 4 aromatic rings. The lowest BCUT2D eigenvalue weighted by Crippen LogP contribution is -2.31. The van der Waals surface area contributed by atoms with E-state index in [-0.39, 0.29) is 5.91 Å². The van der Waals surface area contributed by atoms with Crippen LogP contribution in [-0.4, -0.2) is 10.9 Å². The molecule has 0 atom stereocenters. The number of benzene rings is 3. The van der Waals surface area contributed by atoms with Gasteiger partial charge in [0, 0.05) is 0 Å². The smallest absolute Gasteiger partial charge is 0.233 e. The molecule has 0 saturated heterocycles. The molecule has 152 valence electrons. The molecule has 0 spiro atoms. The summed E-state index contributed by atoms with van der Waals surface area (Å²) in [6, 6.07) is 22.7. The van der Waals surface area contributed by atoms with Crippen LogP contribution in [0.2, 0.25) is 0 Å². The molecule has 0 N–H and O–H groups in total. The Morgan fingerprint density at radius 2 is 1.67 bits per heavy atom. The van der Waals surface area contributed by atoms with E-state index in [0.717, 1.165) is 32.9 Å². The lowest BCUT2D eigenvalue weighted by molar-refractivity contribution is -0.118. The van der Waals surface area contributed by atoms with Gasteiger partial charge >= 0.3 is 0 Å². The van der Waals surface area contributed by atoms with Gasteiger partial charge in [-0.3, -0.25) is 9.69 Å². The summed E-state index contributed by atoms with van der Waals surface area (Å²) in [5.74, 6) is 0.0666. The molecule has 1 amide bonds. The fraction of sp³-hybridized carbons (Fsp3) is 0.231. The largest absolute Gasteiger partial charge is 0.283 e. The van der Waals surface area contributed by atoms with Gasteiger partial charge in [0.15, 0.2) is 5.13 Å². The molecule has 3 aromatic carbocycles. The zero-order chi connectivity index (χ0) is 21.1. The first-order valence-electron chi connectivity index (χ1n) is 10.3. The molecule has 30 heavy (non-hydrogen) atoms. The maximum absolute atomic E-state index is 13.4. The van der Waals surface area contributed by atoms with Crippen molar-refractivity contribution in [2.75, 3.05) is 4.90 Å². The van der Waals surface area contributed by atoms with Gasteiger partial charge in [0.05, 0.1) is 23.2 Å². The lowest BCUT2D eigenvalue weighted by atomic mass is 10.0. The third kappa shape index (κ3) is 4.44. The van der Waals surface area contributed by atoms with Gasteiger partial charge in [-0.05, 0) is 60.2 Å². The van der Waals surface area contributed by atoms with Gasteiger partial charge in [0.2, 0.25) is 5.91 Å². The Morgan fingerprint density at radius 1 is 0.900 bits per heavy atom. The van der Waals surface area contributed by atoms with Crippen molar-refractivity contribution in [2.24, 2.45) is 0 Å². The zero-order valence-corrected chi connectivity index (χ0v) is 18.5. The summed E-state index contributed by atoms with van der Waals surface area (Å²) in [5.41, 5.74) is 6.82. The van der Waals surface area contributed by atoms with Crippen LogP contribution in [0.25, 0.3) is 10.2 Å². The molecular formula is C26H26N2OS. The topological polar surface area (TPSA) is 33.2 Å². The van der Waals surface area contributed by atoms with E-state index in [1.165, 1.54) is 16.7 Å². The summed E-state index contributed by atoms with van der Waals surface area (Å²) in [6.45, 7) is 6.85. The number of aromatic nitrogens is 1. The zero-order valence-electron chi connectivity index (χ0n) is 17.7. The van der Waals surface area contributed by atoms with Crippen LogP contribution >= 0.6 is 11.3 Å². The van der Waals surface area contributed by atoms with Gasteiger partial charge in [-0.2, -0.15) is 0 Å². The second kappa shape index (κ2) is 8.80. The molecule has 0 unspecified atom stereocenters. The molecule has 3 nitrogen and oxygen atoms in total. The second-order valence-corrected chi connectivity index (χ2v) is 8.72. The molecule has 1 aromatic heterocycles. The van der Waals surface area contributed by atoms with E-state index in [9.17, 15) is 4.79 Å². The number of hydrogen-bond acceptors (Lipinski definition) is 3. The number of carbonyl (C=O) groups is 1. The molecule has 0 radical (unpaired) electrons. The molecule has 0 bridgehead atoms. The Morgan fingerprint density at radius 3 is 2.40 bits per heavy atom. The highest BCUT2D eigenvalue weighted by Crippen LogP contribution is 2.31. The number of carbonyl (C=O) groups excluding carboxylic acids is 1. The number of aryl methyl sites for hydroxylation is 3. The number of thiazole rings is 1. The van der Waals surface area contributed by atoms with Crippen molar-refractivity contribution in [3.63, 3.8) is 0 Å². The van der Waals surface area contributed by atoms with E-state index in [1.807, 2.05) is 29.2 Å². The quantitative estimate of drug-likeness (QED) is 0.373. The highest BCUT2D eigenvalue weighted by atomic mass is 32.1. The van der Waals surface area contributed by atoms with Crippen LogP contribution in [0.4, 0.5) is 5.13 Å². The van der Waals surface area contributed by atoms with Crippen molar-refractivity contribution in [3.8, 4) is 0 Å². The molecular weight excluding hydrogens is 388 g/mol. The van der Waals surface area contributed by atoms with Crippen LogP contribution in [0, 0.1) is 13.8 Å². The lowest BCUT2D eigenvalue weighted by Gasteiger charge is -2.20. The van der Waals surface area contributed by atoms with Gasteiger partial charge < -0.3 is 0 Å². The van der Waals surface area contributed by atoms with E-state index in [4.69, 9.17) is 4.98 Å². The van der Waals surface area contributed by atoms with Crippen LogP contribution in [-0.2, 0) is 24.2 Å². The molecule has 0 saturated carbocycles. The SMILES string of the molecule is CCc1ccc2nc(N(Cc3ccccc3)C(=O)Cc3ccc(C)c(C)c3)sc2c1. The minimum absolute atomic E-state index is 0.0666. The van der Waals surface area contributed by atoms with Gasteiger partial charge in [-0.15, -0.1) is 0 Å². The summed E-state index contributed by atoms with van der Waals surface area (Å²) >= 11 is 1.59. The first kappa shape index (κ1) is 20.3. The van der Waals surface area contributed by atoms with Crippen molar-refractivity contribution in [1.82, 2.24) is 4.98 Å². The van der Waals surface area contributed by atoms with Crippen LogP contribution in [0.5, 0.6) is 0 Å². The number of fused-ring (bicyclic) bond motifs is 1. The Bertz CT molecular complexity index is 1180. The van der Waals surface area contributed by atoms with Gasteiger partial charge in [-0.1, -0.05) is 72.9 Å². The van der Waals surface area contributed by atoms with Gasteiger partial charge in [-0.25, -0.2) is 4.98 Å². The predicted octanol–water partition coefficient (Wildman–Crippen LogP) is 6.25. The Labute approximate surface area is 182 Å². The first-order valence-corrected chi connectivity index (χ1v) is 11.1. The van der Waals surface area contributed by atoms with Crippen molar-refractivity contribution >= 4 is 32.6 Å². The number of nitrogens with zero attached hydrogens (tertiary/aromatic N) is 2. The number of amides is 1. The molecule has 0 aliphatic rings.